The summed E-state index contributed by atoms with van der Waals surface area (Å²) in [6.45, 7) is 0. The van der Waals surface area contributed by atoms with Crippen LogP contribution in [0.2, 0.25) is 0 Å². The molecule has 6 N–H and O–H groups in total. The van der Waals surface area contributed by atoms with Gasteiger partial charge in [-0.15, -0.1) is 0 Å². The molecule has 0 fully saturated rings. The number of phenols is 6. The van der Waals surface area contributed by atoms with Crippen LogP contribution in [-0.4, -0.2) is 30.6 Å². The normalized spacial score (nSPS) is 8.31. The standard InChI is InChI=1S/3C6H6O2.2Au/c3*7-5-3-1-2-4-6(5)8;;/h3*1-4,7-8H;;. The number of hydrogen-bond donors (Lipinski definition) is 6. The number of rotatable bonds is 0. The molecule has 0 aliphatic rings. The number of benzene rings is 3. The molecule has 0 saturated heterocycles. The summed E-state index contributed by atoms with van der Waals surface area (Å²) in [5, 5.41) is 52.0. The molecule has 3 aromatic rings. The fraction of sp³-hybridized carbons (Fsp3) is 0. The van der Waals surface area contributed by atoms with Crippen molar-refractivity contribution in [3.63, 3.8) is 0 Å². The van der Waals surface area contributed by atoms with Gasteiger partial charge in [0, 0.05) is 44.8 Å². The molecule has 0 atom stereocenters. The molecule has 0 aromatic heterocycles. The van der Waals surface area contributed by atoms with Gasteiger partial charge in [0.2, 0.25) is 0 Å². The largest absolute Gasteiger partial charge is 0.504 e. The van der Waals surface area contributed by atoms with Gasteiger partial charge in [-0.3, -0.25) is 0 Å². The van der Waals surface area contributed by atoms with E-state index in [2.05, 4.69) is 0 Å². The maximum Gasteiger partial charge on any atom is 0.157 e. The maximum absolute atomic E-state index is 8.67. The maximum atomic E-state index is 8.67. The molecule has 0 unspecified atom stereocenters. The smallest absolute Gasteiger partial charge is 0.157 e. The molecule has 3 aromatic carbocycles. The van der Waals surface area contributed by atoms with Crippen LogP contribution in [0.3, 0.4) is 0 Å². The molecule has 0 amide bonds. The SMILES string of the molecule is Oc1ccccc1O.Oc1ccccc1O.Oc1ccccc1O.[Au].[Au]. The van der Waals surface area contributed by atoms with Gasteiger partial charge in [0.15, 0.2) is 34.5 Å². The summed E-state index contributed by atoms with van der Waals surface area (Å²) in [6.07, 6.45) is 0. The Balaban J connectivity index is 0. The second-order valence-electron chi connectivity index (χ2n) is 4.47. The van der Waals surface area contributed by atoms with Gasteiger partial charge in [-0.1, -0.05) is 36.4 Å². The van der Waals surface area contributed by atoms with Gasteiger partial charge >= 0.3 is 0 Å². The van der Waals surface area contributed by atoms with Crippen LogP contribution in [-0.2, 0) is 44.8 Å². The van der Waals surface area contributed by atoms with E-state index in [4.69, 9.17) is 30.6 Å². The third kappa shape index (κ3) is 10.1. The Morgan fingerprint density at radius 3 is 0.500 bits per heavy atom. The van der Waals surface area contributed by atoms with Crippen molar-refractivity contribution in [1.82, 2.24) is 0 Å². The van der Waals surface area contributed by atoms with E-state index in [1.165, 1.54) is 36.4 Å². The fourth-order valence-electron chi connectivity index (χ4n) is 1.39. The van der Waals surface area contributed by atoms with Gasteiger partial charge in [-0.05, 0) is 36.4 Å². The Kier molecular flexibility index (Phi) is 14.2. The molecule has 6 nitrogen and oxygen atoms in total. The minimum absolute atomic E-state index is 0. The molecule has 0 aliphatic heterocycles. The topological polar surface area (TPSA) is 121 Å². The Hall–Kier alpha value is -2.06. The van der Waals surface area contributed by atoms with Crippen molar-refractivity contribution in [2.45, 2.75) is 0 Å². The third-order valence-corrected chi connectivity index (χ3v) is 2.65. The van der Waals surface area contributed by atoms with Gasteiger partial charge < -0.3 is 30.6 Å². The van der Waals surface area contributed by atoms with Crippen LogP contribution < -0.4 is 0 Å². The molecule has 0 bridgehead atoms. The van der Waals surface area contributed by atoms with Crippen molar-refractivity contribution in [2.24, 2.45) is 0 Å². The van der Waals surface area contributed by atoms with Crippen molar-refractivity contribution in [2.75, 3.05) is 0 Å². The first-order chi connectivity index (χ1) is 11.4. The molecule has 26 heavy (non-hydrogen) atoms. The number of phenolic OH excluding ortho intramolecular Hbond substituents is 6. The van der Waals surface area contributed by atoms with Gasteiger partial charge in [0.25, 0.3) is 0 Å². The monoisotopic (exact) mass is 724 g/mol. The zero-order valence-electron chi connectivity index (χ0n) is 13.2. The molecule has 0 heterocycles. The summed E-state index contributed by atoms with van der Waals surface area (Å²) in [5.74, 6) is -0.458. The molecular formula is C18H18Au2O6. The van der Waals surface area contributed by atoms with Crippen molar-refractivity contribution in [3.8, 4) is 34.5 Å². The second-order valence-corrected chi connectivity index (χ2v) is 4.47. The minimum atomic E-state index is -0.0764. The van der Waals surface area contributed by atoms with E-state index >= 15 is 0 Å². The van der Waals surface area contributed by atoms with Crippen LogP contribution in [0.1, 0.15) is 0 Å². The van der Waals surface area contributed by atoms with Gasteiger partial charge in [0.05, 0.1) is 0 Å². The molecule has 0 spiro atoms. The van der Waals surface area contributed by atoms with Crippen molar-refractivity contribution in [1.29, 1.82) is 0 Å². The van der Waals surface area contributed by atoms with Gasteiger partial charge in [-0.25, -0.2) is 0 Å². The van der Waals surface area contributed by atoms with Gasteiger partial charge in [-0.2, -0.15) is 0 Å². The zero-order chi connectivity index (χ0) is 17.9. The quantitative estimate of drug-likeness (QED) is 0.157. The third-order valence-electron chi connectivity index (χ3n) is 2.65. The van der Waals surface area contributed by atoms with Crippen LogP contribution >= 0.6 is 0 Å². The zero-order valence-corrected chi connectivity index (χ0v) is 17.5. The van der Waals surface area contributed by atoms with Crippen LogP contribution in [0.15, 0.2) is 72.8 Å². The van der Waals surface area contributed by atoms with Crippen LogP contribution in [0.25, 0.3) is 0 Å². The van der Waals surface area contributed by atoms with Crippen LogP contribution in [0.5, 0.6) is 34.5 Å². The predicted molar refractivity (Wildman–Crippen MR) is 89.3 cm³/mol. The summed E-state index contributed by atoms with van der Waals surface area (Å²) in [7, 11) is 0. The average Bonchev–Trinajstić information content (AvgIpc) is 2.57. The van der Waals surface area contributed by atoms with E-state index in [-0.39, 0.29) is 79.3 Å². The molecule has 148 valence electrons. The first-order valence-corrected chi connectivity index (χ1v) is 6.82. The molecule has 0 aliphatic carbocycles. The Bertz CT molecular complexity index is 602. The second kappa shape index (κ2) is 14.1. The van der Waals surface area contributed by atoms with E-state index in [0.717, 1.165) is 0 Å². The predicted octanol–water partition coefficient (Wildman–Crippen LogP) is 3.29. The van der Waals surface area contributed by atoms with Crippen LogP contribution in [0, 0.1) is 0 Å². The van der Waals surface area contributed by atoms with E-state index in [0.29, 0.717) is 0 Å². The van der Waals surface area contributed by atoms with Gasteiger partial charge in [0.1, 0.15) is 0 Å². The Morgan fingerprint density at radius 1 is 0.308 bits per heavy atom. The molecule has 2 radical (unpaired) electrons. The van der Waals surface area contributed by atoms with E-state index in [1.807, 2.05) is 0 Å². The summed E-state index contributed by atoms with van der Waals surface area (Å²) in [4.78, 5) is 0. The van der Waals surface area contributed by atoms with Crippen molar-refractivity contribution in [3.05, 3.63) is 72.8 Å². The van der Waals surface area contributed by atoms with Crippen molar-refractivity contribution < 1.29 is 75.4 Å². The summed E-state index contributed by atoms with van der Waals surface area (Å²) in [6, 6.07) is 18.4. The molecule has 3 rings (SSSR count). The minimum Gasteiger partial charge on any atom is -0.504 e. The first-order valence-electron chi connectivity index (χ1n) is 6.82. The summed E-state index contributed by atoms with van der Waals surface area (Å²) >= 11 is 0. The van der Waals surface area contributed by atoms with Crippen molar-refractivity contribution >= 4 is 0 Å². The number of para-hydroxylation sites is 6. The summed E-state index contributed by atoms with van der Waals surface area (Å²) < 4.78 is 0. The van der Waals surface area contributed by atoms with E-state index < -0.39 is 0 Å². The Morgan fingerprint density at radius 2 is 0.423 bits per heavy atom. The molecule has 0 saturated carbocycles. The average molecular weight is 724 g/mol. The molecular weight excluding hydrogens is 706 g/mol. The van der Waals surface area contributed by atoms with E-state index in [9.17, 15) is 0 Å². The summed E-state index contributed by atoms with van der Waals surface area (Å²) in [5.41, 5.74) is 0. The fourth-order valence-corrected chi connectivity index (χ4v) is 1.39. The molecule has 8 heteroatoms. The first kappa shape index (κ1) is 26.2. The van der Waals surface area contributed by atoms with Crippen LogP contribution in [0.4, 0.5) is 0 Å². The number of aromatic hydroxyl groups is 6. The van der Waals surface area contributed by atoms with E-state index in [1.54, 1.807) is 36.4 Å². The number of hydrogen-bond acceptors (Lipinski definition) is 6. The Labute approximate surface area is 182 Å².